The summed E-state index contributed by atoms with van der Waals surface area (Å²) in [5.74, 6) is 0.286. The van der Waals surface area contributed by atoms with Gasteiger partial charge in [0, 0.05) is 5.92 Å². The molecule has 0 radical (unpaired) electrons. The van der Waals surface area contributed by atoms with E-state index in [1.165, 1.54) is 11.0 Å². The van der Waals surface area contributed by atoms with Crippen LogP contribution in [0.15, 0.2) is 6.33 Å². The number of aromatic nitrogens is 3. The number of carbonyl (C=O) groups excluding carboxylic acids is 1. The number of hydrogen-bond donors (Lipinski definition) is 1. The van der Waals surface area contributed by atoms with E-state index in [0.29, 0.717) is 0 Å². The third kappa shape index (κ3) is 1.41. The molecule has 1 saturated carbocycles. The molecule has 70 valence electrons. The molecule has 0 atom stereocenters. The molecular formula is C8H12N4O. The molecule has 13 heavy (non-hydrogen) atoms. The Bertz CT molecular complexity index is 314. The first kappa shape index (κ1) is 8.22. The molecule has 2 rings (SSSR count). The smallest absolute Gasteiger partial charge is 0.253 e. The predicted octanol–water partition coefficient (Wildman–Crippen LogP) is 0.691. The van der Waals surface area contributed by atoms with Gasteiger partial charge in [-0.2, -0.15) is 14.8 Å². The summed E-state index contributed by atoms with van der Waals surface area (Å²) in [4.78, 5) is 15.4. The predicted molar refractivity (Wildman–Crippen MR) is 47.0 cm³/mol. The second-order valence-electron chi connectivity index (χ2n) is 3.35. The highest BCUT2D eigenvalue weighted by Crippen LogP contribution is 2.26. The summed E-state index contributed by atoms with van der Waals surface area (Å²) in [5.41, 5.74) is 5.48. The first-order valence-electron chi connectivity index (χ1n) is 4.49. The number of anilines is 1. The van der Waals surface area contributed by atoms with Gasteiger partial charge in [0.1, 0.15) is 6.33 Å². The molecule has 1 aliphatic carbocycles. The molecule has 1 aliphatic rings. The van der Waals surface area contributed by atoms with Crippen molar-refractivity contribution < 1.29 is 4.79 Å². The topological polar surface area (TPSA) is 73.8 Å². The minimum absolute atomic E-state index is 0.00694. The Morgan fingerprint density at radius 1 is 1.54 bits per heavy atom. The fraction of sp³-hybridized carbons (Fsp3) is 0.625. The molecule has 0 spiro atoms. The second-order valence-corrected chi connectivity index (χ2v) is 3.35. The van der Waals surface area contributed by atoms with E-state index in [1.807, 2.05) is 0 Å². The van der Waals surface area contributed by atoms with Crippen LogP contribution in [0.4, 0.5) is 5.95 Å². The third-order valence-electron chi connectivity index (χ3n) is 2.49. The average molecular weight is 180 g/mol. The Kier molecular flexibility index (Phi) is 2.00. The normalized spacial score (nSPS) is 17.8. The Labute approximate surface area is 75.9 Å². The summed E-state index contributed by atoms with van der Waals surface area (Å²) in [6.07, 6.45) is 5.48. The van der Waals surface area contributed by atoms with Crippen LogP contribution >= 0.6 is 0 Å². The molecule has 1 aromatic rings. The quantitative estimate of drug-likeness (QED) is 0.690. The lowest BCUT2D eigenvalue weighted by Crippen LogP contribution is -2.22. The van der Waals surface area contributed by atoms with Gasteiger partial charge in [0.25, 0.3) is 5.91 Å². The van der Waals surface area contributed by atoms with E-state index >= 15 is 0 Å². The number of hydrogen-bond acceptors (Lipinski definition) is 4. The zero-order valence-electron chi connectivity index (χ0n) is 7.31. The van der Waals surface area contributed by atoms with Crippen LogP contribution in [-0.2, 0) is 0 Å². The minimum Gasteiger partial charge on any atom is -0.368 e. The summed E-state index contributed by atoms with van der Waals surface area (Å²) in [6.45, 7) is 0. The van der Waals surface area contributed by atoms with Gasteiger partial charge < -0.3 is 5.73 Å². The standard InChI is InChI=1S/C8H12N4O/c9-8-10-5-11-12(8)7(13)6-3-1-2-4-6/h5-6H,1-4H2,(H2,9,10,11). The van der Waals surface area contributed by atoms with E-state index in [0.717, 1.165) is 25.7 Å². The van der Waals surface area contributed by atoms with Crippen molar-refractivity contribution in [3.05, 3.63) is 6.33 Å². The van der Waals surface area contributed by atoms with Gasteiger partial charge in [0.05, 0.1) is 0 Å². The van der Waals surface area contributed by atoms with Gasteiger partial charge in [-0.05, 0) is 12.8 Å². The zero-order valence-corrected chi connectivity index (χ0v) is 7.31. The second kappa shape index (κ2) is 3.16. The molecule has 0 aromatic carbocycles. The van der Waals surface area contributed by atoms with E-state index in [4.69, 9.17) is 5.73 Å². The molecule has 0 saturated heterocycles. The van der Waals surface area contributed by atoms with Crippen molar-refractivity contribution in [3.63, 3.8) is 0 Å². The van der Waals surface area contributed by atoms with Crippen molar-refractivity contribution >= 4 is 11.9 Å². The van der Waals surface area contributed by atoms with Crippen molar-refractivity contribution in [2.24, 2.45) is 5.92 Å². The van der Waals surface area contributed by atoms with E-state index in [-0.39, 0.29) is 17.8 Å². The van der Waals surface area contributed by atoms with Gasteiger partial charge in [-0.25, -0.2) is 0 Å². The number of nitrogens with two attached hydrogens (primary N) is 1. The highest BCUT2D eigenvalue weighted by molar-refractivity contribution is 5.82. The fourth-order valence-electron chi connectivity index (χ4n) is 1.77. The highest BCUT2D eigenvalue weighted by Gasteiger charge is 2.25. The molecule has 1 aromatic heterocycles. The molecule has 0 amide bonds. The minimum atomic E-state index is -0.00694. The molecule has 0 unspecified atom stereocenters. The van der Waals surface area contributed by atoms with E-state index < -0.39 is 0 Å². The van der Waals surface area contributed by atoms with E-state index in [9.17, 15) is 4.79 Å². The van der Waals surface area contributed by atoms with Crippen LogP contribution < -0.4 is 5.73 Å². The first-order chi connectivity index (χ1) is 6.29. The van der Waals surface area contributed by atoms with Crippen molar-refractivity contribution in [1.82, 2.24) is 14.8 Å². The number of carbonyl (C=O) groups is 1. The molecule has 0 bridgehead atoms. The van der Waals surface area contributed by atoms with Crippen molar-refractivity contribution in [2.75, 3.05) is 5.73 Å². The molecule has 5 nitrogen and oxygen atoms in total. The lowest BCUT2D eigenvalue weighted by Gasteiger charge is -2.06. The Morgan fingerprint density at radius 3 is 2.77 bits per heavy atom. The number of rotatable bonds is 1. The lowest BCUT2D eigenvalue weighted by atomic mass is 10.1. The maximum atomic E-state index is 11.7. The van der Waals surface area contributed by atoms with Crippen LogP contribution in [0.2, 0.25) is 0 Å². The van der Waals surface area contributed by atoms with Gasteiger partial charge >= 0.3 is 0 Å². The molecule has 5 heteroatoms. The highest BCUT2D eigenvalue weighted by atomic mass is 16.2. The van der Waals surface area contributed by atoms with Gasteiger partial charge in [-0.3, -0.25) is 4.79 Å². The fourth-order valence-corrected chi connectivity index (χ4v) is 1.77. The lowest BCUT2D eigenvalue weighted by molar-refractivity contribution is 0.0823. The maximum Gasteiger partial charge on any atom is 0.253 e. The maximum absolute atomic E-state index is 11.7. The van der Waals surface area contributed by atoms with Gasteiger partial charge in [-0.1, -0.05) is 12.8 Å². The summed E-state index contributed by atoms with van der Waals surface area (Å²) in [6, 6.07) is 0. The third-order valence-corrected chi connectivity index (χ3v) is 2.49. The van der Waals surface area contributed by atoms with E-state index in [2.05, 4.69) is 10.1 Å². The Morgan fingerprint density at radius 2 is 2.23 bits per heavy atom. The van der Waals surface area contributed by atoms with Gasteiger partial charge in [0.15, 0.2) is 0 Å². The Hall–Kier alpha value is -1.39. The van der Waals surface area contributed by atoms with E-state index in [1.54, 1.807) is 0 Å². The van der Waals surface area contributed by atoms with Crippen molar-refractivity contribution in [1.29, 1.82) is 0 Å². The molecule has 1 heterocycles. The molecule has 1 fully saturated rings. The summed E-state index contributed by atoms with van der Waals surface area (Å²) in [5, 5.41) is 3.79. The van der Waals surface area contributed by atoms with Crippen molar-refractivity contribution in [3.8, 4) is 0 Å². The van der Waals surface area contributed by atoms with Crippen LogP contribution in [-0.4, -0.2) is 20.7 Å². The summed E-state index contributed by atoms with van der Waals surface area (Å²) < 4.78 is 1.20. The van der Waals surface area contributed by atoms with Crippen LogP contribution in [0.1, 0.15) is 30.5 Å². The van der Waals surface area contributed by atoms with Crippen LogP contribution in [0.5, 0.6) is 0 Å². The molecule has 0 aliphatic heterocycles. The van der Waals surface area contributed by atoms with Crippen molar-refractivity contribution in [2.45, 2.75) is 25.7 Å². The number of nitrogens with zero attached hydrogens (tertiary/aromatic N) is 3. The molecule has 2 N–H and O–H groups in total. The van der Waals surface area contributed by atoms with Gasteiger partial charge in [0.2, 0.25) is 5.95 Å². The van der Waals surface area contributed by atoms with Gasteiger partial charge in [-0.15, -0.1) is 0 Å². The zero-order chi connectivity index (χ0) is 9.26. The van der Waals surface area contributed by atoms with Crippen LogP contribution in [0.3, 0.4) is 0 Å². The van der Waals surface area contributed by atoms with Crippen LogP contribution in [0, 0.1) is 5.92 Å². The van der Waals surface area contributed by atoms with Crippen LogP contribution in [0.25, 0.3) is 0 Å². The molecular weight excluding hydrogens is 168 g/mol. The average Bonchev–Trinajstić information content (AvgIpc) is 2.72. The SMILES string of the molecule is Nc1ncnn1C(=O)C1CCCC1. The summed E-state index contributed by atoms with van der Waals surface area (Å²) >= 11 is 0. The first-order valence-corrected chi connectivity index (χ1v) is 4.49. The summed E-state index contributed by atoms with van der Waals surface area (Å²) in [7, 11) is 0. The largest absolute Gasteiger partial charge is 0.368 e. The number of nitrogen functional groups attached to an aromatic ring is 1. The Balaban J connectivity index is 2.17. The monoisotopic (exact) mass is 180 g/mol.